The normalized spacial score (nSPS) is 10.5. The van der Waals surface area contributed by atoms with Crippen molar-refractivity contribution in [3.8, 4) is 23.1 Å². The fourth-order valence-electron chi connectivity index (χ4n) is 2.49. The maximum Gasteiger partial charge on any atom is 0.202 e. The molecule has 0 saturated carbocycles. The molecular weight excluding hydrogens is 380 g/mol. The third-order valence-corrected chi connectivity index (χ3v) is 4.92. The number of halogens is 1. The Hall–Kier alpha value is -3.21. The average Bonchev–Trinajstić information content (AvgIpc) is 3.13. The van der Waals surface area contributed by atoms with Crippen molar-refractivity contribution in [2.75, 3.05) is 0 Å². The predicted molar refractivity (Wildman–Crippen MR) is 103 cm³/mol. The molecule has 2 aromatic heterocycles. The fraction of sp³-hybridized carbons (Fsp3) is 0. The number of nitrogens with zero attached hydrogens (tertiary/aromatic N) is 6. The number of hydrogen-bond acceptors (Lipinski definition) is 6. The molecule has 0 fully saturated rings. The maximum absolute atomic E-state index is 8.87. The van der Waals surface area contributed by atoms with Crippen LogP contribution in [0, 0.1) is 11.3 Å². The van der Waals surface area contributed by atoms with Crippen LogP contribution in [0.1, 0.15) is 5.69 Å². The van der Waals surface area contributed by atoms with E-state index in [1.807, 2.05) is 65.2 Å². The van der Waals surface area contributed by atoms with E-state index >= 15 is 0 Å². The summed E-state index contributed by atoms with van der Waals surface area (Å²) in [5.74, 6) is 0.635. The van der Waals surface area contributed by atoms with Gasteiger partial charge in [-0.3, -0.25) is 4.57 Å². The standard InChI is InChI=1S/C19H11ClN6S/c20-16-9-5-4-8-15(16)18-24-25-19(26(18)14-6-2-1-3-7-14)27-17-11-10-13(12-21)22-23-17/h1-11H. The number of hydrogen-bond donors (Lipinski definition) is 0. The van der Waals surface area contributed by atoms with E-state index in [1.54, 1.807) is 12.1 Å². The van der Waals surface area contributed by atoms with Crippen molar-refractivity contribution in [2.24, 2.45) is 0 Å². The summed E-state index contributed by atoms with van der Waals surface area (Å²) in [6.45, 7) is 0. The Kier molecular flexibility index (Phi) is 4.83. The number of nitriles is 1. The molecule has 0 unspecified atom stereocenters. The predicted octanol–water partition coefficient (Wildman–Crippen LogP) is 4.40. The molecule has 8 heteroatoms. The van der Waals surface area contributed by atoms with Crippen LogP contribution in [-0.4, -0.2) is 25.0 Å². The lowest BCUT2D eigenvalue weighted by Crippen LogP contribution is -2.00. The molecule has 0 spiro atoms. The fourth-order valence-corrected chi connectivity index (χ4v) is 3.48. The molecule has 2 aromatic carbocycles. The lowest BCUT2D eigenvalue weighted by molar-refractivity contribution is 0.868. The van der Waals surface area contributed by atoms with Gasteiger partial charge in [-0.2, -0.15) is 5.26 Å². The Morgan fingerprint density at radius 2 is 1.63 bits per heavy atom. The van der Waals surface area contributed by atoms with Crippen LogP contribution in [0.15, 0.2) is 76.9 Å². The van der Waals surface area contributed by atoms with Crippen molar-refractivity contribution in [3.63, 3.8) is 0 Å². The molecule has 0 amide bonds. The van der Waals surface area contributed by atoms with Crippen LogP contribution in [-0.2, 0) is 0 Å². The van der Waals surface area contributed by atoms with Crippen LogP contribution in [0.2, 0.25) is 5.02 Å². The van der Waals surface area contributed by atoms with E-state index in [9.17, 15) is 0 Å². The molecule has 0 atom stereocenters. The van der Waals surface area contributed by atoms with Gasteiger partial charge in [0.15, 0.2) is 11.5 Å². The Morgan fingerprint density at radius 3 is 2.33 bits per heavy atom. The van der Waals surface area contributed by atoms with Crippen molar-refractivity contribution in [2.45, 2.75) is 10.2 Å². The SMILES string of the molecule is N#Cc1ccc(Sc2nnc(-c3ccccc3Cl)n2-c2ccccc2)nn1. The first-order valence-electron chi connectivity index (χ1n) is 7.93. The van der Waals surface area contributed by atoms with Gasteiger partial charge in [0.2, 0.25) is 5.16 Å². The lowest BCUT2D eigenvalue weighted by Gasteiger charge is -2.10. The van der Waals surface area contributed by atoms with Crippen molar-refractivity contribution >= 4 is 23.4 Å². The van der Waals surface area contributed by atoms with Crippen molar-refractivity contribution in [3.05, 3.63) is 77.4 Å². The van der Waals surface area contributed by atoms with Crippen LogP contribution in [0.4, 0.5) is 0 Å². The van der Waals surface area contributed by atoms with Gasteiger partial charge >= 0.3 is 0 Å². The van der Waals surface area contributed by atoms with Crippen molar-refractivity contribution in [1.29, 1.82) is 5.26 Å². The van der Waals surface area contributed by atoms with Gasteiger partial charge in [-0.1, -0.05) is 41.9 Å². The zero-order valence-corrected chi connectivity index (χ0v) is 15.4. The minimum Gasteiger partial charge on any atom is -0.270 e. The molecule has 0 aliphatic heterocycles. The molecule has 0 aliphatic rings. The van der Waals surface area contributed by atoms with Crippen molar-refractivity contribution in [1.82, 2.24) is 25.0 Å². The number of rotatable bonds is 4. The van der Waals surface area contributed by atoms with Gasteiger partial charge in [-0.15, -0.1) is 20.4 Å². The van der Waals surface area contributed by atoms with E-state index in [4.69, 9.17) is 16.9 Å². The summed E-state index contributed by atoms with van der Waals surface area (Å²) in [6.07, 6.45) is 0. The summed E-state index contributed by atoms with van der Waals surface area (Å²) in [6, 6.07) is 22.6. The second-order valence-corrected chi connectivity index (χ2v) is 6.82. The first kappa shape index (κ1) is 17.2. The zero-order valence-electron chi connectivity index (χ0n) is 13.8. The molecule has 27 heavy (non-hydrogen) atoms. The van der Waals surface area contributed by atoms with E-state index in [2.05, 4.69) is 20.4 Å². The molecule has 130 valence electrons. The van der Waals surface area contributed by atoms with E-state index in [1.165, 1.54) is 11.8 Å². The summed E-state index contributed by atoms with van der Waals surface area (Å²) in [5, 5.41) is 27.3. The third kappa shape index (κ3) is 3.53. The summed E-state index contributed by atoms with van der Waals surface area (Å²) in [7, 11) is 0. The van der Waals surface area contributed by atoms with E-state index in [0.717, 1.165) is 11.3 Å². The van der Waals surface area contributed by atoms with Crippen LogP contribution in [0.5, 0.6) is 0 Å². The average molecular weight is 391 g/mol. The first-order valence-corrected chi connectivity index (χ1v) is 9.13. The van der Waals surface area contributed by atoms with Gasteiger partial charge < -0.3 is 0 Å². The van der Waals surface area contributed by atoms with Crippen LogP contribution >= 0.6 is 23.4 Å². The Balaban J connectivity index is 1.82. The summed E-state index contributed by atoms with van der Waals surface area (Å²) in [5.41, 5.74) is 1.95. The van der Waals surface area contributed by atoms with Gasteiger partial charge in [0.05, 0.1) is 5.02 Å². The molecule has 4 rings (SSSR count). The molecule has 0 aliphatic carbocycles. The molecule has 0 N–H and O–H groups in total. The van der Waals surface area contributed by atoms with Crippen molar-refractivity contribution < 1.29 is 0 Å². The quantitative estimate of drug-likeness (QED) is 0.513. The van der Waals surface area contributed by atoms with Gasteiger partial charge in [-0.25, -0.2) is 0 Å². The first-order chi connectivity index (χ1) is 13.3. The molecular formula is C19H11ClN6S. The Bertz CT molecular complexity index is 1120. The van der Waals surface area contributed by atoms with E-state index in [0.29, 0.717) is 21.0 Å². The topological polar surface area (TPSA) is 80.3 Å². The second-order valence-electron chi connectivity index (χ2n) is 5.43. The molecule has 4 aromatic rings. The molecule has 0 saturated heterocycles. The highest BCUT2D eigenvalue weighted by molar-refractivity contribution is 7.99. The summed E-state index contributed by atoms with van der Waals surface area (Å²) in [4.78, 5) is 0. The smallest absolute Gasteiger partial charge is 0.202 e. The zero-order chi connectivity index (χ0) is 18.6. The highest BCUT2D eigenvalue weighted by atomic mass is 35.5. The van der Waals surface area contributed by atoms with Crippen LogP contribution in [0.25, 0.3) is 17.1 Å². The molecule has 0 radical (unpaired) electrons. The minimum atomic E-state index is 0.264. The molecule has 6 nitrogen and oxygen atoms in total. The van der Waals surface area contributed by atoms with Gasteiger partial charge in [0, 0.05) is 11.3 Å². The number of aromatic nitrogens is 5. The monoisotopic (exact) mass is 390 g/mol. The minimum absolute atomic E-state index is 0.264. The van der Waals surface area contributed by atoms with Crippen LogP contribution in [0.3, 0.4) is 0 Å². The Labute approximate surface area is 164 Å². The Morgan fingerprint density at radius 1 is 0.852 bits per heavy atom. The summed E-state index contributed by atoms with van der Waals surface area (Å²) < 4.78 is 1.92. The number of para-hydroxylation sites is 1. The molecule has 0 bridgehead atoms. The molecule has 2 heterocycles. The number of benzene rings is 2. The van der Waals surface area contributed by atoms with Gasteiger partial charge in [-0.05, 0) is 48.2 Å². The van der Waals surface area contributed by atoms with E-state index in [-0.39, 0.29) is 5.69 Å². The maximum atomic E-state index is 8.87. The largest absolute Gasteiger partial charge is 0.270 e. The lowest BCUT2D eigenvalue weighted by atomic mass is 10.2. The second kappa shape index (κ2) is 7.58. The van der Waals surface area contributed by atoms with Crippen LogP contribution < -0.4 is 0 Å². The van der Waals surface area contributed by atoms with Gasteiger partial charge in [0.1, 0.15) is 11.1 Å². The summed E-state index contributed by atoms with van der Waals surface area (Å²) >= 11 is 7.69. The van der Waals surface area contributed by atoms with Gasteiger partial charge in [0.25, 0.3) is 0 Å². The van der Waals surface area contributed by atoms with E-state index < -0.39 is 0 Å². The third-order valence-electron chi connectivity index (χ3n) is 3.71. The highest BCUT2D eigenvalue weighted by Crippen LogP contribution is 2.33. The highest BCUT2D eigenvalue weighted by Gasteiger charge is 2.19.